The number of ether oxygens (including phenoxy) is 2. The lowest BCUT2D eigenvalue weighted by molar-refractivity contribution is 0.156. The molecule has 3 rings (SSSR count). The predicted molar refractivity (Wildman–Crippen MR) is 97.4 cm³/mol. The Morgan fingerprint density at radius 2 is 2.29 bits per heavy atom. The lowest BCUT2D eigenvalue weighted by atomic mass is 9.87. The Bertz CT molecular complexity index is 603. The number of hydrogen-bond donors (Lipinski definition) is 1. The van der Waals surface area contributed by atoms with Crippen LogP contribution in [0.2, 0.25) is 10.0 Å². The third-order valence-electron chi connectivity index (χ3n) is 4.69. The van der Waals surface area contributed by atoms with Crippen LogP contribution in [0.25, 0.3) is 0 Å². The largest absolute Gasteiger partial charge is 0.490 e. The summed E-state index contributed by atoms with van der Waals surface area (Å²) in [5.74, 6) is 1.52. The second-order valence-corrected chi connectivity index (χ2v) is 7.13. The first-order chi connectivity index (χ1) is 11.6. The maximum Gasteiger partial charge on any atom is 0.193 e. The highest BCUT2D eigenvalue weighted by Crippen LogP contribution is 2.38. The molecule has 0 saturated carbocycles. The number of rotatable bonds is 4. The molecule has 1 aromatic carbocycles. The van der Waals surface area contributed by atoms with Crippen molar-refractivity contribution in [1.29, 1.82) is 0 Å². The molecule has 2 aliphatic rings. The maximum atomic E-state index is 6.11. The van der Waals surface area contributed by atoms with E-state index in [0.717, 1.165) is 38.7 Å². The molecule has 1 unspecified atom stereocenters. The minimum absolute atomic E-state index is 0.322. The summed E-state index contributed by atoms with van der Waals surface area (Å²) in [5.41, 5.74) is 0.322. The Balaban J connectivity index is 1.46. The number of hydrogen-bond acceptors (Lipinski definition) is 3. The third kappa shape index (κ3) is 3.90. The number of benzene rings is 1. The molecule has 0 radical (unpaired) electrons. The maximum absolute atomic E-state index is 6.11. The van der Waals surface area contributed by atoms with Gasteiger partial charge in [0, 0.05) is 32.2 Å². The summed E-state index contributed by atoms with van der Waals surface area (Å²) in [6.07, 6.45) is 2.32. The quantitative estimate of drug-likeness (QED) is 0.501. The summed E-state index contributed by atoms with van der Waals surface area (Å²) < 4.78 is 11.3. The van der Waals surface area contributed by atoms with E-state index in [2.05, 4.69) is 15.2 Å². The van der Waals surface area contributed by atoms with Crippen LogP contribution >= 0.6 is 23.2 Å². The van der Waals surface area contributed by atoms with Crippen LogP contribution in [0.15, 0.2) is 23.2 Å². The predicted octanol–water partition coefficient (Wildman–Crippen LogP) is 3.06. The molecule has 132 valence electrons. The van der Waals surface area contributed by atoms with Crippen LogP contribution in [0, 0.1) is 5.41 Å². The fourth-order valence-electron chi connectivity index (χ4n) is 3.34. The van der Waals surface area contributed by atoms with E-state index in [4.69, 9.17) is 32.7 Å². The zero-order valence-corrected chi connectivity index (χ0v) is 15.4. The lowest BCUT2D eigenvalue weighted by Gasteiger charge is -2.25. The van der Waals surface area contributed by atoms with Crippen molar-refractivity contribution >= 4 is 29.2 Å². The van der Waals surface area contributed by atoms with Gasteiger partial charge in [0.15, 0.2) is 5.96 Å². The first-order valence-electron chi connectivity index (χ1n) is 8.24. The van der Waals surface area contributed by atoms with Crippen LogP contribution in [-0.2, 0) is 4.74 Å². The molecule has 2 saturated heterocycles. The van der Waals surface area contributed by atoms with Gasteiger partial charge in [0.2, 0.25) is 0 Å². The minimum Gasteiger partial charge on any atom is -0.490 e. The average Bonchev–Trinajstić information content (AvgIpc) is 3.22. The number of nitrogens with one attached hydrogen (secondary N) is 1. The van der Waals surface area contributed by atoms with Gasteiger partial charge in [-0.2, -0.15) is 0 Å². The molecule has 0 aliphatic carbocycles. The molecule has 24 heavy (non-hydrogen) atoms. The summed E-state index contributed by atoms with van der Waals surface area (Å²) in [5, 5.41) is 4.31. The first-order valence-corrected chi connectivity index (χ1v) is 8.99. The van der Waals surface area contributed by atoms with E-state index < -0.39 is 0 Å². The van der Waals surface area contributed by atoms with E-state index in [9.17, 15) is 0 Å². The van der Waals surface area contributed by atoms with Gasteiger partial charge in [0.05, 0.1) is 18.2 Å². The Kier molecular flexibility index (Phi) is 5.74. The van der Waals surface area contributed by atoms with Crippen LogP contribution in [0.5, 0.6) is 5.75 Å². The molecule has 2 fully saturated rings. The van der Waals surface area contributed by atoms with E-state index in [1.54, 1.807) is 6.07 Å². The van der Waals surface area contributed by atoms with Gasteiger partial charge in [-0.05, 0) is 25.0 Å². The smallest absolute Gasteiger partial charge is 0.193 e. The minimum atomic E-state index is 0.322. The van der Waals surface area contributed by atoms with E-state index in [1.165, 1.54) is 6.42 Å². The van der Waals surface area contributed by atoms with Crippen molar-refractivity contribution in [3.05, 3.63) is 28.2 Å². The number of halogens is 2. The standard InChI is InChI=1S/C17H23Cl2N3O2/c1-20-16(22-8-5-17(11-22)6-9-23-12-17)21-7-10-24-14-4-2-3-13(18)15(14)19/h2-4H,5-12H2,1H3,(H,20,21). The van der Waals surface area contributed by atoms with E-state index in [0.29, 0.717) is 34.4 Å². The Morgan fingerprint density at radius 1 is 1.42 bits per heavy atom. The van der Waals surface area contributed by atoms with Crippen LogP contribution in [0.1, 0.15) is 12.8 Å². The number of guanidine groups is 1. The van der Waals surface area contributed by atoms with Gasteiger partial charge in [-0.25, -0.2) is 0 Å². The lowest BCUT2D eigenvalue weighted by Crippen LogP contribution is -2.42. The molecular formula is C17H23Cl2N3O2. The van der Waals surface area contributed by atoms with Crippen molar-refractivity contribution in [3.63, 3.8) is 0 Å². The Hall–Kier alpha value is -1.17. The SMILES string of the molecule is CN=C(NCCOc1cccc(Cl)c1Cl)N1CCC2(CCOC2)C1. The number of aliphatic imine (C=N–C) groups is 1. The zero-order valence-electron chi connectivity index (χ0n) is 13.9. The summed E-state index contributed by atoms with van der Waals surface area (Å²) >= 11 is 12.1. The fraction of sp³-hybridized carbons (Fsp3) is 0.588. The molecule has 5 nitrogen and oxygen atoms in total. The molecule has 0 bridgehead atoms. The van der Waals surface area contributed by atoms with Gasteiger partial charge in [-0.1, -0.05) is 29.3 Å². The number of nitrogens with zero attached hydrogens (tertiary/aromatic N) is 2. The van der Waals surface area contributed by atoms with Crippen molar-refractivity contribution in [2.45, 2.75) is 12.8 Å². The monoisotopic (exact) mass is 371 g/mol. The second kappa shape index (κ2) is 7.81. The van der Waals surface area contributed by atoms with Crippen molar-refractivity contribution in [2.75, 3.05) is 46.5 Å². The second-order valence-electron chi connectivity index (χ2n) is 6.35. The van der Waals surface area contributed by atoms with E-state index >= 15 is 0 Å². The summed E-state index contributed by atoms with van der Waals surface area (Å²) in [6, 6.07) is 5.38. The van der Waals surface area contributed by atoms with Crippen LogP contribution < -0.4 is 10.1 Å². The fourth-order valence-corrected chi connectivity index (χ4v) is 3.69. The van der Waals surface area contributed by atoms with Gasteiger partial charge in [0.25, 0.3) is 0 Å². The third-order valence-corrected chi connectivity index (χ3v) is 5.50. The topological polar surface area (TPSA) is 46.1 Å². The summed E-state index contributed by atoms with van der Waals surface area (Å²) in [6.45, 7) is 4.92. The molecular weight excluding hydrogens is 349 g/mol. The molecule has 0 amide bonds. The van der Waals surface area contributed by atoms with E-state index in [1.807, 2.05) is 19.2 Å². The van der Waals surface area contributed by atoms with Crippen molar-refractivity contribution in [3.8, 4) is 5.75 Å². The molecule has 1 atom stereocenters. The van der Waals surface area contributed by atoms with Crippen molar-refractivity contribution in [1.82, 2.24) is 10.2 Å². The highest BCUT2D eigenvalue weighted by atomic mass is 35.5. The van der Waals surface area contributed by atoms with Crippen molar-refractivity contribution < 1.29 is 9.47 Å². The van der Waals surface area contributed by atoms with Gasteiger partial charge >= 0.3 is 0 Å². The highest BCUT2D eigenvalue weighted by Gasteiger charge is 2.42. The summed E-state index contributed by atoms with van der Waals surface area (Å²) in [4.78, 5) is 6.70. The van der Waals surface area contributed by atoms with Gasteiger partial charge in [-0.15, -0.1) is 0 Å². The first kappa shape index (κ1) is 17.6. The molecule has 1 N–H and O–H groups in total. The molecule has 1 aromatic rings. The molecule has 2 heterocycles. The van der Waals surface area contributed by atoms with Gasteiger partial charge in [0.1, 0.15) is 17.4 Å². The van der Waals surface area contributed by atoms with Crippen molar-refractivity contribution in [2.24, 2.45) is 10.4 Å². The molecule has 7 heteroatoms. The summed E-state index contributed by atoms with van der Waals surface area (Å²) in [7, 11) is 1.81. The Morgan fingerprint density at radius 3 is 3.04 bits per heavy atom. The Labute approximate surface area is 152 Å². The molecule has 2 aliphatic heterocycles. The molecule has 1 spiro atoms. The zero-order chi connectivity index (χ0) is 17.0. The highest BCUT2D eigenvalue weighted by molar-refractivity contribution is 6.42. The van der Waals surface area contributed by atoms with E-state index in [-0.39, 0.29) is 0 Å². The van der Waals surface area contributed by atoms with Crippen LogP contribution in [0.4, 0.5) is 0 Å². The average molecular weight is 372 g/mol. The van der Waals surface area contributed by atoms with Crippen LogP contribution in [-0.4, -0.2) is 57.4 Å². The number of likely N-dealkylation sites (tertiary alicyclic amines) is 1. The molecule has 0 aromatic heterocycles. The van der Waals surface area contributed by atoms with Gasteiger partial charge in [-0.3, -0.25) is 4.99 Å². The van der Waals surface area contributed by atoms with Gasteiger partial charge < -0.3 is 19.7 Å². The van der Waals surface area contributed by atoms with Crippen LogP contribution in [0.3, 0.4) is 0 Å². The normalized spacial score (nSPS) is 24.0.